The van der Waals surface area contributed by atoms with E-state index in [4.69, 9.17) is 37.8 Å². The molecular formula is C23H18Cl2N2O2. The lowest BCUT2D eigenvalue weighted by molar-refractivity contribution is -0.0203. The van der Waals surface area contributed by atoms with Gasteiger partial charge >= 0.3 is 0 Å². The molecule has 0 aliphatic carbocycles. The van der Waals surface area contributed by atoms with Gasteiger partial charge in [0.15, 0.2) is 0 Å². The van der Waals surface area contributed by atoms with E-state index in [1.807, 2.05) is 71.7 Å². The highest BCUT2D eigenvalue weighted by atomic mass is 35.5. The van der Waals surface area contributed by atoms with Gasteiger partial charge in [0.1, 0.15) is 11.5 Å². The second-order valence-corrected chi connectivity index (χ2v) is 7.92. The Balaban J connectivity index is 1.62. The first-order valence-electron chi connectivity index (χ1n) is 9.35. The van der Waals surface area contributed by atoms with E-state index in [9.17, 15) is 0 Å². The number of para-hydroxylation sites is 1. The normalized spacial score (nSPS) is 19.8. The Bertz CT molecular complexity index is 1100. The van der Waals surface area contributed by atoms with Crippen LogP contribution >= 0.6 is 23.2 Å². The first-order valence-corrected chi connectivity index (χ1v) is 10.1. The van der Waals surface area contributed by atoms with Crippen LogP contribution in [0, 0.1) is 0 Å². The molecule has 0 spiro atoms. The van der Waals surface area contributed by atoms with Gasteiger partial charge in [-0.1, -0.05) is 47.5 Å². The predicted octanol–water partition coefficient (Wildman–Crippen LogP) is 6.24. The van der Waals surface area contributed by atoms with Crippen molar-refractivity contribution in [2.45, 2.75) is 18.7 Å². The third-order valence-corrected chi connectivity index (χ3v) is 5.82. The van der Waals surface area contributed by atoms with Crippen LogP contribution in [0.1, 0.15) is 35.4 Å². The molecule has 0 amide bonds. The van der Waals surface area contributed by atoms with Gasteiger partial charge in [0.05, 0.1) is 24.4 Å². The third kappa shape index (κ3) is 3.22. The fourth-order valence-electron chi connectivity index (χ4n) is 3.95. The second-order valence-electron chi connectivity index (χ2n) is 7.05. The van der Waals surface area contributed by atoms with Gasteiger partial charge in [-0.05, 0) is 48.0 Å². The van der Waals surface area contributed by atoms with Gasteiger partial charge in [-0.25, -0.2) is 5.01 Å². The molecule has 2 aliphatic rings. The third-order valence-electron chi connectivity index (χ3n) is 5.33. The fraction of sp³-hybridized carbons (Fsp3) is 0.174. The first-order chi connectivity index (χ1) is 14.1. The molecule has 2 atom stereocenters. The first kappa shape index (κ1) is 18.3. The molecule has 0 saturated heterocycles. The van der Waals surface area contributed by atoms with Crippen molar-refractivity contribution in [1.82, 2.24) is 5.01 Å². The lowest BCUT2D eigenvalue weighted by atomic mass is 9.96. The lowest BCUT2D eigenvalue weighted by Crippen LogP contribution is -2.33. The smallest absolute Gasteiger partial charge is 0.217 e. The molecule has 0 radical (unpaired) electrons. The minimum Gasteiger partial charge on any atom is -0.496 e. The molecule has 2 unspecified atom stereocenters. The topological polar surface area (TPSA) is 34.1 Å². The SMILES string of the molecule is COc1ccccc1C1Oc2ccc(Cl)cc2C2CC(c3ccc(Cl)cc3)=NN21. The maximum atomic E-state index is 6.39. The van der Waals surface area contributed by atoms with Crippen molar-refractivity contribution in [2.24, 2.45) is 5.10 Å². The Morgan fingerprint density at radius 2 is 1.72 bits per heavy atom. The molecular weight excluding hydrogens is 407 g/mol. The van der Waals surface area contributed by atoms with Gasteiger partial charge in [-0.3, -0.25) is 0 Å². The second kappa shape index (κ2) is 7.29. The molecule has 0 bridgehead atoms. The molecule has 0 aromatic heterocycles. The summed E-state index contributed by atoms with van der Waals surface area (Å²) < 4.78 is 12.0. The molecule has 5 rings (SSSR count). The van der Waals surface area contributed by atoms with Crippen LogP contribution in [0.2, 0.25) is 10.0 Å². The molecule has 3 aromatic carbocycles. The number of benzene rings is 3. The lowest BCUT2D eigenvalue weighted by Gasteiger charge is -2.38. The van der Waals surface area contributed by atoms with E-state index in [1.165, 1.54) is 0 Å². The number of nitrogens with zero attached hydrogens (tertiary/aromatic N) is 2. The van der Waals surface area contributed by atoms with Crippen LogP contribution < -0.4 is 9.47 Å². The Morgan fingerprint density at radius 1 is 0.966 bits per heavy atom. The van der Waals surface area contributed by atoms with E-state index < -0.39 is 6.23 Å². The molecule has 2 heterocycles. The van der Waals surface area contributed by atoms with E-state index >= 15 is 0 Å². The van der Waals surface area contributed by atoms with Crippen LogP contribution in [-0.2, 0) is 0 Å². The van der Waals surface area contributed by atoms with Crippen molar-refractivity contribution < 1.29 is 9.47 Å². The van der Waals surface area contributed by atoms with Gasteiger partial charge in [0, 0.05) is 22.0 Å². The monoisotopic (exact) mass is 424 g/mol. The Hall–Kier alpha value is -2.69. The van der Waals surface area contributed by atoms with Crippen molar-refractivity contribution in [3.63, 3.8) is 0 Å². The largest absolute Gasteiger partial charge is 0.496 e. The number of methoxy groups -OCH3 is 1. The van der Waals surface area contributed by atoms with Crippen LogP contribution in [-0.4, -0.2) is 17.8 Å². The summed E-state index contributed by atoms with van der Waals surface area (Å²) in [5, 5.41) is 8.36. The minimum absolute atomic E-state index is 0.0260. The van der Waals surface area contributed by atoms with E-state index in [1.54, 1.807) is 7.11 Å². The number of fused-ring (bicyclic) bond motifs is 3. The highest BCUT2D eigenvalue weighted by molar-refractivity contribution is 6.31. The molecule has 29 heavy (non-hydrogen) atoms. The Morgan fingerprint density at radius 3 is 2.52 bits per heavy atom. The van der Waals surface area contributed by atoms with Crippen LogP contribution in [0.4, 0.5) is 0 Å². The highest BCUT2D eigenvalue weighted by Gasteiger charge is 2.42. The summed E-state index contributed by atoms with van der Waals surface area (Å²) >= 11 is 12.4. The summed E-state index contributed by atoms with van der Waals surface area (Å²) in [5.41, 5.74) is 4.01. The molecule has 4 nitrogen and oxygen atoms in total. The number of halogens is 2. The highest BCUT2D eigenvalue weighted by Crippen LogP contribution is 2.49. The maximum absolute atomic E-state index is 6.39. The molecule has 3 aromatic rings. The van der Waals surface area contributed by atoms with Gasteiger partial charge in [-0.15, -0.1) is 0 Å². The molecule has 0 fully saturated rings. The van der Waals surface area contributed by atoms with E-state index in [-0.39, 0.29) is 6.04 Å². The van der Waals surface area contributed by atoms with E-state index in [0.717, 1.165) is 40.3 Å². The van der Waals surface area contributed by atoms with Crippen molar-refractivity contribution in [3.05, 3.63) is 93.5 Å². The van der Waals surface area contributed by atoms with Gasteiger partial charge in [0.2, 0.25) is 6.23 Å². The van der Waals surface area contributed by atoms with Crippen LogP contribution in [0.3, 0.4) is 0 Å². The minimum atomic E-state index is -0.394. The summed E-state index contributed by atoms with van der Waals surface area (Å²) in [5.74, 6) is 1.59. The van der Waals surface area contributed by atoms with Crippen molar-refractivity contribution in [1.29, 1.82) is 0 Å². The zero-order valence-electron chi connectivity index (χ0n) is 15.7. The van der Waals surface area contributed by atoms with Gasteiger partial charge < -0.3 is 9.47 Å². The zero-order valence-corrected chi connectivity index (χ0v) is 17.2. The fourth-order valence-corrected chi connectivity index (χ4v) is 4.26. The molecule has 6 heteroatoms. The number of hydrogen-bond donors (Lipinski definition) is 0. The summed E-state index contributed by atoms with van der Waals surface area (Å²) in [4.78, 5) is 0. The maximum Gasteiger partial charge on any atom is 0.217 e. The Kier molecular flexibility index (Phi) is 4.61. The molecule has 2 aliphatic heterocycles. The van der Waals surface area contributed by atoms with Crippen molar-refractivity contribution >= 4 is 28.9 Å². The molecule has 0 saturated carbocycles. The summed E-state index contributed by atoms with van der Waals surface area (Å²) in [6.07, 6.45) is 0.360. The van der Waals surface area contributed by atoms with E-state index in [0.29, 0.717) is 10.0 Å². The van der Waals surface area contributed by atoms with Crippen LogP contribution in [0.5, 0.6) is 11.5 Å². The zero-order chi connectivity index (χ0) is 20.0. The van der Waals surface area contributed by atoms with Crippen LogP contribution in [0.25, 0.3) is 0 Å². The summed E-state index contributed by atoms with van der Waals surface area (Å²) in [6, 6.07) is 21.4. The van der Waals surface area contributed by atoms with Gasteiger partial charge in [0.25, 0.3) is 0 Å². The number of ether oxygens (including phenoxy) is 2. The van der Waals surface area contributed by atoms with E-state index in [2.05, 4.69) is 0 Å². The van der Waals surface area contributed by atoms with Crippen molar-refractivity contribution in [3.8, 4) is 11.5 Å². The quantitative estimate of drug-likeness (QED) is 0.498. The van der Waals surface area contributed by atoms with Crippen LogP contribution in [0.15, 0.2) is 71.8 Å². The average Bonchev–Trinajstić information content (AvgIpc) is 3.19. The predicted molar refractivity (Wildman–Crippen MR) is 115 cm³/mol. The van der Waals surface area contributed by atoms with Crippen molar-refractivity contribution in [2.75, 3.05) is 7.11 Å². The number of hydrazone groups is 1. The standard InChI is InChI=1S/C23H18Cl2N2O2/c1-28-21-5-3-2-4-17(21)23-27-20(18-12-16(25)10-11-22(18)29-23)13-19(26-27)14-6-8-15(24)9-7-14/h2-12,20,23H,13H2,1H3. The number of hydrogen-bond acceptors (Lipinski definition) is 4. The Labute approximate surface area is 179 Å². The molecule has 146 valence electrons. The average molecular weight is 425 g/mol. The summed E-state index contributed by atoms with van der Waals surface area (Å²) in [6.45, 7) is 0. The molecule has 0 N–H and O–H groups in total. The summed E-state index contributed by atoms with van der Waals surface area (Å²) in [7, 11) is 1.67. The van der Waals surface area contributed by atoms with Gasteiger partial charge in [-0.2, -0.15) is 5.10 Å². The number of rotatable bonds is 3.